The van der Waals surface area contributed by atoms with E-state index in [-0.39, 0.29) is 19.3 Å². The maximum Gasteiger partial charge on any atom is 0.305 e. The molecule has 27 heavy (non-hydrogen) atoms. The average Bonchev–Trinajstić information content (AvgIpc) is 2.60. The van der Waals surface area contributed by atoms with E-state index < -0.39 is 23.9 Å². The van der Waals surface area contributed by atoms with Gasteiger partial charge < -0.3 is 15.5 Å². The number of benzene rings is 2. The van der Waals surface area contributed by atoms with Crippen LogP contribution in [-0.4, -0.2) is 34.1 Å². The normalized spacial score (nSPS) is 11.6. The molecule has 0 heterocycles. The van der Waals surface area contributed by atoms with Crippen LogP contribution in [0.15, 0.2) is 48.5 Å². The van der Waals surface area contributed by atoms with E-state index in [9.17, 15) is 14.4 Å². The van der Waals surface area contributed by atoms with Gasteiger partial charge in [-0.1, -0.05) is 48.0 Å². The zero-order valence-corrected chi connectivity index (χ0v) is 15.3. The molecule has 0 fully saturated rings. The van der Waals surface area contributed by atoms with Crippen LogP contribution in [0.25, 0.3) is 11.1 Å². The number of rotatable bonds is 9. The molecule has 0 saturated carbocycles. The Morgan fingerprint density at radius 1 is 0.926 bits per heavy atom. The highest BCUT2D eigenvalue weighted by Gasteiger charge is 2.17. The number of hydrogen-bond donors (Lipinski definition) is 3. The molecule has 2 aromatic rings. The molecule has 0 bridgehead atoms. The molecule has 1 atom stereocenters. The standard InChI is InChI=1S/C20H20ClNO5/c21-16-3-1-2-15(11-16)14-6-4-13(5-7-14)10-17(12-20(26)27)22-18(23)8-9-19(24)25/h1-7,11,17H,8-10,12H2,(H,22,23)(H,24,25)(H,26,27). The number of nitrogens with one attached hydrogen (secondary N) is 1. The minimum atomic E-state index is -1.07. The molecule has 0 radical (unpaired) electrons. The Balaban J connectivity index is 2.04. The number of halogens is 1. The van der Waals surface area contributed by atoms with Gasteiger partial charge in [0, 0.05) is 17.5 Å². The van der Waals surface area contributed by atoms with Crippen molar-refractivity contribution in [3.05, 3.63) is 59.1 Å². The molecular formula is C20H20ClNO5. The third-order valence-corrected chi connectivity index (χ3v) is 4.18. The second-order valence-electron chi connectivity index (χ2n) is 6.17. The maximum absolute atomic E-state index is 11.8. The molecule has 0 aromatic heterocycles. The van der Waals surface area contributed by atoms with Crippen molar-refractivity contribution in [2.45, 2.75) is 31.7 Å². The molecule has 6 nitrogen and oxygen atoms in total. The van der Waals surface area contributed by atoms with Gasteiger partial charge in [-0.2, -0.15) is 0 Å². The Labute approximate surface area is 161 Å². The lowest BCUT2D eigenvalue weighted by Crippen LogP contribution is -2.38. The van der Waals surface area contributed by atoms with E-state index in [1.807, 2.05) is 42.5 Å². The number of amides is 1. The summed E-state index contributed by atoms with van der Waals surface area (Å²) in [6.45, 7) is 0. The fourth-order valence-electron chi connectivity index (χ4n) is 2.69. The first-order chi connectivity index (χ1) is 12.8. The van der Waals surface area contributed by atoms with Crippen molar-refractivity contribution >= 4 is 29.4 Å². The highest BCUT2D eigenvalue weighted by atomic mass is 35.5. The van der Waals surface area contributed by atoms with Gasteiger partial charge in [-0.05, 0) is 35.2 Å². The summed E-state index contributed by atoms with van der Waals surface area (Å²) in [5, 5.41) is 20.9. The predicted octanol–water partition coefficient (Wildman–Crippen LogP) is 3.37. The number of carboxylic acid groups (broad SMARTS) is 2. The van der Waals surface area contributed by atoms with E-state index in [1.54, 1.807) is 6.07 Å². The number of carbonyl (C=O) groups is 3. The SMILES string of the molecule is O=C(O)CCC(=O)NC(CC(=O)O)Cc1ccc(-c2cccc(Cl)c2)cc1. The van der Waals surface area contributed by atoms with E-state index in [1.165, 1.54) is 0 Å². The molecule has 0 aliphatic rings. The van der Waals surface area contributed by atoms with Gasteiger partial charge >= 0.3 is 11.9 Å². The van der Waals surface area contributed by atoms with E-state index in [0.717, 1.165) is 16.7 Å². The smallest absolute Gasteiger partial charge is 0.305 e. The quantitative estimate of drug-likeness (QED) is 0.610. The summed E-state index contributed by atoms with van der Waals surface area (Å²) in [5.41, 5.74) is 2.81. The van der Waals surface area contributed by atoms with Gasteiger partial charge in [0.05, 0.1) is 12.8 Å². The summed E-state index contributed by atoms with van der Waals surface area (Å²) >= 11 is 6.00. The van der Waals surface area contributed by atoms with Gasteiger partial charge in [-0.15, -0.1) is 0 Å². The summed E-state index contributed by atoms with van der Waals surface area (Å²) in [7, 11) is 0. The highest BCUT2D eigenvalue weighted by Crippen LogP contribution is 2.23. The Kier molecular flexibility index (Phi) is 7.37. The Bertz CT molecular complexity index is 819. The zero-order chi connectivity index (χ0) is 19.8. The van der Waals surface area contributed by atoms with Crippen LogP contribution in [-0.2, 0) is 20.8 Å². The van der Waals surface area contributed by atoms with Crippen LogP contribution in [0.5, 0.6) is 0 Å². The van der Waals surface area contributed by atoms with E-state index >= 15 is 0 Å². The fourth-order valence-corrected chi connectivity index (χ4v) is 2.88. The van der Waals surface area contributed by atoms with Crippen molar-refractivity contribution in [2.75, 3.05) is 0 Å². The first-order valence-corrected chi connectivity index (χ1v) is 8.79. The first-order valence-electron chi connectivity index (χ1n) is 8.41. The van der Waals surface area contributed by atoms with Crippen molar-refractivity contribution < 1.29 is 24.6 Å². The summed E-state index contributed by atoms with van der Waals surface area (Å²) in [6.07, 6.45) is -0.380. The molecular weight excluding hydrogens is 370 g/mol. The molecule has 0 spiro atoms. The van der Waals surface area contributed by atoms with Gasteiger partial charge in [0.25, 0.3) is 0 Å². The second-order valence-corrected chi connectivity index (χ2v) is 6.60. The zero-order valence-electron chi connectivity index (χ0n) is 14.5. The Morgan fingerprint density at radius 3 is 2.22 bits per heavy atom. The first kappa shape index (κ1) is 20.5. The van der Waals surface area contributed by atoms with Crippen LogP contribution >= 0.6 is 11.6 Å². The molecule has 3 N–H and O–H groups in total. The van der Waals surface area contributed by atoms with Gasteiger partial charge in [0.15, 0.2) is 0 Å². The topological polar surface area (TPSA) is 104 Å². The average molecular weight is 390 g/mol. The van der Waals surface area contributed by atoms with Crippen LogP contribution < -0.4 is 5.32 Å². The highest BCUT2D eigenvalue weighted by molar-refractivity contribution is 6.30. The summed E-state index contributed by atoms with van der Waals surface area (Å²) in [4.78, 5) is 33.4. The fraction of sp³-hybridized carbons (Fsp3) is 0.250. The lowest BCUT2D eigenvalue weighted by atomic mass is 9.99. The van der Waals surface area contributed by atoms with Crippen LogP contribution in [0.3, 0.4) is 0 Å². The van der Waals surface area contributed by atoms with Crippen LogP contribution in [0, 0.1) is 0 Å². The molecule has 0 aliphatic carbocycles. The van der Waals surface area contributed by atoms with E-state index in [2.05, 4.69) is 5.32 Å². The molecule has 0 aliphatic heterocycles. The maximum atomic E-state index is 11.8. The van der Waals surface area contributed by atoms with Crippen LogP contribution in [0.1, 0.15) is 24.8 Å². The summed E-state index contributed by atoms with van der Waals surface area (Å²) < 4.78 is 0. The molecule has 0 saturated heterocycles. The van der Waals surface area contributed by atoms with Crippen molar-refractivity contribution in [1.82, 2.24) is 5.32 Å². The molecule has 2 rings (SSSR count). The number of hydrogen-bond acceptors (Lipinski definition) is 3. The van der Waals surface area contributed by atoms with E-state index in [4.69, 9.17) is 21.8 Å². The van der Waals surface area contributed by atoms with Gasteiger partial charge in [0.2, 0.25) is 5.91 Å². The van der Waals surface area contributed by atoms with Crippen LogP contribution in [0.4, 0.5) is 0 Å². The number of carboxylic acids is 2. The summed E-state index contributed by atoms with van der Waals surface area (Å²) in [5.74, 6) is -2.58. The molecule has 142 valence electrons. The van der Waals surface area contributed by atoms with Crippen molar-refractivity contribution in [1.29, 1.82) is 0 Å². The van der Waals surface area contributed by atoms with Gasteiger partial charge in [-0.25, -0.2) is 0 Å². The molecule has 7 heteroatoms. The number of aliphatic carboxylic acids is 2. The molecule has 1 amide bonds. The Morgan fingerprint density at radius 2 is 1.63 bits per heavy atom. The lowest BCUT2D eigenvalue weighted by Gasteiger charge is -2.17. The van der Waals surface area contributed by atoms with Crippen molar-refractivity contribution in [2.24, 2.45) is 0 Å². The van der Waals surface area contributed by atoms with Crippen molar-refractivity contribution in [3.8, 4) is 11.1 Å². The third kappa shape index (κ3) is 7.11. The second kappa shape index (κ2) is 9.73. The van der Waals surface area contributed by atoms with Gasteiger partial charge in [0.1, 0.15) is 0 Å². The van der Waals surface area contributed by atoms with Crippen LogP contribution in [0.2, 0.25) is 5.02 Å². The minimum absolute atomic E-state index is 0.181. The molecule has 2 aromatic carbocycles. The third-order valence-electron chi connectivity index (χ3n) is 3.95. The van der Waals surface area contributed by atoms with Crippen molar-refractivity contribution in [3.63, 3.8) is 0 Å². The Hall–Kier alpha value is -2.86. The summed E-state index contributed by atoms with van der Waals surface area (Å²) in [6, 6.07) is 14.4. The largest absolute Gasteiger partial charge is 0.481 e. The van der Waals surface area contributed by atoms with E-state index in [0.29, 0.717) is 11.4 Å². The minimum Gasteiger partial charge on any atom is -0.481 e. The lowest BCUT2D eigenvalue weighted by molar-refractivity contribution is -0.140. The van der Waals surface area contributed by atoms with Gasteiger partial charge in [-0.3, -0.25) is 14.4 Å². The monoisotopic (exact) mass is 389 g/mol. The number of carbonyl (C=O) groups excluding carboxylic acids is 1. The predicted molar refractivity (Wildman–Crippen MR) is 102 cm³/mol. The molecule has 1 unspecified atom stereocenters.